The number of rotatable bonds is 9. The number of nitrogens with one attached hydrogen (secondary N) is 2. The van der Waals surface area contributed by atoms with Crippen molar-refractivity contribution in [3.05, 3.63) is 47.5 Å². The van der Waals surface area contributed by atoms with Crippen LogP contribution in [0.2, 0.25) is 5.02 Å². The first-order chi connectivity index (χ1) is 13.2. The second-order valence-electron chi connectivity index (χ2n) is 6.60. The van der Waals surface area contributed by atoms with Crippen LogP contribution in [0.15, 0.2) is 47.4 Å². The Morgan fingerprint density at radius 3 is 2.39 bits per heavy atom. The number of halogens is 1. The second kappa shape index (κ2) is 8.18. The van der Waals surface area contributed by atoms with Gasteiger partial charge in [-0.1, -0.05) is 36.6 Å². The maximum atomic E-state index is 12.7. The zero-order valence-electron chi connectivity index (χ0n) is 15.2. The SMILES string of the molecule is COc1ccc(S(=O)(=O)Nc2ccccc2Cl)cc1NS(=O)(=O)CCC1CC1. The van der Waals surface area contributed by atoms with Gasteiger partial charge in [0.05, 0.1) is 34.2 Å². The summed E-state index contributed by atoms with van der Waals surface area (Å²) >= 11 is 6.01. The van der Waals surface area contributed by atoms with E-state index in [1.807, 2.05) is 0 Å². The molecule has 0 unspecified atom stereocenters. The average molecular weight is 445 g/mol. The van der Waals surface area contributed by atoms with Gasteiger partial charge in [-0.3, -0.25) is 9.44 Å². The van der Waals surface area contributed by atoms with Crippen molar-refractivity contribution in [2.45, 2.75) is 24.2 Å². The van der Waals surface area contributed by atoms with E-state index in [1.165, 1.54) is 31.4 Å². The molecular weight excluding hydrogens is 424 g/mol. The highest BCUT2D eigenvalue weighted by atomic mass is 35.5. The molecule has 0 atom stereocenters. The molecule has 2 aromatic rings. The van der Waals surface area contributed by atoms with Crippen molar-refractivity contribution in [1.29, 1.82) is 0 Å². The van der Waals surface area contributed by atoms with Gasteiger partial charge < -0.3 is 4.74 Å². The van der Waals surface area contributed by atoms with Crippen LogP contribution in [-0.4, -0.2) is 29.7 Å². The molecule has 1 saturated carbocycles. The first kappa shape index (κ1) is 20.8. The van der Waals surface area contributed by atoms with E-state index in [0.29, 0.717) is 12.3 Å². The Labute approximate surface area is 170 Å². The number of sulfonamides is 2. The van der Waals surface area contributed by atoms with Crippen molar-refractivity contribution >= 4 is 43.0 Å². The summed E-state index contributed by atoms with van der Waals surface area (Å²) in [6.07, 6.45) is 2.70. The number of ether oxygens (including phenoxy) is 1. The predicted octanol–water partition coefficient (Wildman–Crippen LogP) is 3.69. The number of hydrogen-bond donors (Lipinski definition) is 2. The largest absolute Gasteiger partial charge is 0.495 e. The third kappa shape index (κ3) is 5.30. The molecule has 2 N–H and O–H groups in total. The van der Waals surface area contributed by atoms with Crippen molar-refractivity contribution in [2.24, 2.45) is 5.92 Å². The summed E-state index contributed by atoms with van der Waals surface area (Å²) < 4.78 is 60.1. The quantitative estimate of drug-likeness (QED) is 0.614. The van der Waals surface area contributed by atoms with E-state index < -0.39 is 20.0 Å². The Bertz CT molecular complexity index is 1070. The molecule has 10 heteroatoms. The van der Waals surface area contributed by atoms with Crippen LogP contribution in [0.5, 0.6) is 5.75 Å². The number of benzene rings is 2. The topological polar surface area (TPSA) is 102 Å². The summed E-state index contributed by atoms with van der Waals surface area (Å²) in [5, 5.41) is 0.251. The summed E-state index contributed by atoms with van der Waals surface area (Å²) in [5.74, 6) is 0.673. The molecule has 0 aliphatic heterocycles. The van der Waals surface area contributed by atoms with Crippen LogP contribution in [-0.2, 0) is 20.0 Å². The van der Waals surface area contributed by atoms with E-state index in [-0.39, 0.29) is 32.8 Å². The van der Waals surface area contributed by atoms with E-state index in [2.05, 4.69) is 9.44 Å². The first-order valence-corrected chi connectivity index (χ1v) is 12.2. The van der Waals surface area contributed by atoms with Gasteiger partial charge in [-0.25, -0.2) is 16.8 Å². The highest BCUT2D eigenvalue weighted by Gasteiger charge is 2.25. The Morgan fingerprint density at radius 1 is 1.04 bits per heavy atom. The van der Waals surface area contributed by atoms with Gasteiger partial charge in [-0.05, 0) is 42.7 Å². The van der Waals surface area contributed by atoms with Crippen LogP contribution in [0.3, 0.4) is 0 Å². The van der Waals surface area contributed by atoms with Gasteiger partial charge >= 0.3 is 0 Å². The average Bonchev–Trinajstić information content (AvgIpc) is 3.46. The van der Waals surface area contributed by atoms with Crippen molar-refractivity contribution in [2.75, 3.05) is 22.3 Å². The van der Waals surface area contributed by atoms with Crippen LogP contribution in [0, 0.1) is 5.92 Å². The molecule has 1 aliphatic rings. The fourth-order valence-corrected chi connectivity index (χ4v) is 5.21. The molecule has 0 radical (unpaired) electrons. The van der Waals surface area contributed by atoms with Gasteiger partial charge in [0.2, 0.25) is 10.0 Å². The highest BCUT2D eigenvalue weighted by molar-refractivity contribution is 7.93. The minimum absolute atomic E-state index is 0.0182. The fraction of sp³-hybridized carbons (Fsp3) is 0.333. The molecule has 0 bridgehead atoms. The monoisotopic (exact) mass is 444 g/mol. The Morgan fingerprint density at radius 2 is 1.75 bits per heavy atom. The number of methoxy groups -OCH3 is 1. The third-order valence-electron chi connectivity index (χ3n) is 4.36. The van der Waals surface area contributed by atoms with Gasteiger partial charge in [-0.15, -0.1) is 0 Å². The maximum absolute atomic E-state index is 12.7. The molecule has 0 amide bonds. The lowest BCUT2D eigenvalue weighted by Gasteiger charge is -2.14. The molecular formula is C18H21ClN2O5S2. The number of para-hydroxylation sites is 1. The molecule has 28 heavy (non-hydrogen) atoms. The highest BCUT2D eigenvalue weighted by Crippen LogP contribution is 2.34. The predicted molar refractivity (Wildman–Crippen MR) is 110 cm³/mol. The van der Waals surface area contributed by atoms with Gasteiger partial charge in [-0.2, -0.15) is 0 Å². The summed E-state index contributed by atoms with van der Waals surface area (Å²) in [6.45, 7) is 0. The van der Waals surface area contributed by atoms with Crippen molar-refractivity contribution in [3.8, 4) is 5.75 Å². The molecule has 2 aromatic carbocycles. The van der Waals surface area contributed by atoms with E-state index in [0.717, 1.165) is 12.8 Å². The van der Waals surface area contributed by atoms with Crippen molar-refractivity contribution in [1.82, 2.24) is 0 Å². The number of hydrogen-bond acceptors (Lipinski definition) is 5. The first-order valence-electron chi connectivity index (χ1n) is 8.66. The lowest BCUT2D eigenvalue weighted by molar-refractivity contribution is 0.416. The fourth-order valence-electron chi connectivity index (χ4n) is 2.63. The Balaban J connectivity index is 1.86. The molecule has 152 valence electrons. The molecule has 0 heterocycles. The van der Waals surface area contributed by atoms with Crippen LogP contribution >= 0.6 is 11.6 Å². The standard InChI is InChI=1S/C18H21ClN2O5S2/c1-26-18-9-8-14(28(24,25)21-16-5-3-2-4-15(16)19)12-17(18)20-27(22,23)11-10-13-6-7-13/h2-5,8-9,12-13,20-21H,6-7,10-11H2,1H3. The Kier molecular flexibility index (Phi) is 6.07. The summed E-state index contributed by atoms with van der Waals surface area (Å²) in [4.78, 5) is -0.117. The smallest absolute Gasteiger partial charge is 0.262 e. The summed E-state index contributed by atoms with van der Waals surface area (Å²) in [6, 6.07) is 10.4. The number of anilines is 2. The Hall–Kier alpha value is -1.97. The molecule has 1 fully saturated rings. The summed E-state index contributed by atoms with van der Waals surface area (Å²) in [7, 11) is -6.21. The lowest BCUT2D eigenvalue weighted by atomic mass is 10.3. The van der Waals surface area contributed by atoms with Crippen molar-refractivity contribution < 1.29 is 21.6 Å². The minimum Gasteiger partial charge on any atom is -0.495 e. The second-order valence-corrected chi connectivity index (χ2v) is 10.5. The van der Waals surface area contributed by atoms with Gasteiger partial charge in [0.15, 0.2) is 0 Å². The maximum Gasteiger partial charge on any atom is 0.262 e. The van der Waals surface area contributed by atoms with E-state index in [9.17, 15) is 16.8 Å². The molecule has 3 rings (SSSR count). The molecule has 0 spiro atoms. The molecule has 7 nitrogen and oxygen atoms in total. The normalized spacial score (nSPS) is 14.5. The molecule has 1 aliphatic carbocycles. The van der Waals surface area contributed by atoms with Crippen LogP contribution in [0.4, 0.5) is 11.4 Å². The van der Waals surface area contributed by atoms with Crippen LogP contribution < -0.4 is 14.2 Å². The zero-order valence-corrected chi connectivity index (χ0v) is 17.6. The minimum atomic E-state index is -3.98. The van der Waals surface area contributed by atoms with Crippen LogP contribution in [0.25, 0.3) is 0 Å². The van der Waals surface area contributed by atoms with Crippen LogP contribution in [0.1, 0.15) is 19.3 Å². The van der Waals surface area contributed by atoms with Gasteiger partial charge in [0.25, 0.3) is 10.0 Å². The molecule has 0 aromatic heterocycles. The van der Waals surface area contributed by atoms with E-state index in [4.69, 9.17) is 16.3 Å². The van der Waals surface area contributed by atoms with Gasteiger partial charge in [0, 0.05) is 0 Å². The third-order valence-corrected chi connectivity index (χ3v) is 7.35. The van der Waals surface area contributed by atoms with Gasteiger partial charge in [0.1, 0.15) is 5.75 Å². The van der Waals surface area contributed by atoms with E-state index >= 15 is 0 Å². The summed E-state index contributed by atoms with van der Waals surface area (Å²) in [5.41, 5.74) is 0.298. The zero-order chi connectivity index (χ0) is 20.4. The van der Waals surface area contributed by atoms with Crippen molar-refractivity contribution in [3.63, 3.8) is 0 Å². The lowest BCUT2D eigenvalue weighted by Crippen LogP contribution is -2.18. The van der Waals surface area contributed by atoms with E-state index in [1.54, 1.807) is 18.2 Å². The molecule has 0 saturated heterocycles.